The van der Waals surface area contributed by atoms with E-state index in [-0.39, 0.29) is 6.04 Å². The van der Waals surface area contributed by atoms with Crippen LogP contribution in [-0.4, -0.2) is 18.1 Å². The minimum atomic E-state index is 0.148. The molecule has 0 aliphatic rings. The SMILES string of the molecule is CCCNCCCCC[C@H](N)c1ccc(-c2scnc2C)cc1. The Balaban J connectivity index is 1.75. The minimum Gasteiger partial charge on any atom is -0.324 e. The molecule has 126 valence electrons. The van der Waals surface area contributed by atoms with Gasteiger partial charge in [-0.05, 0) is 50.4 Å². The van der Waals surface area contributed by atoms with Gasteiger partial charge in [-0.2, -0.15) is 0 Å². The molecule has 3 nitrogen and oxygen atoms in total. The molecule has 1 atom stereocenters. The summed E-state index contributed by atoms with van der Waals surface area (Å²) >= 11 is 1.69. The van der Waals surface area contributed by atoms with E-state index in [4.69, 9.17) is 5.73 Å². The number of nitrogens with zero attached hydrogens (tertiary/aromatic N) is 1. The molecule has 3 N–H and O–H groups in total. The molecular formula is C19H29N3S. The lowest BCUT2D eigenvalue weighted by molar-refractivity contribution is 0.548. The Kier molecular flexibility index (Phi) is 7.72. The third-order valence-corrected chi connectivity index (χ3v) is 5.12. The second kappa shape index (κ2) is 9.81. The second-order valence-corrected chi connectivity index (χ2v) is 6.95. The maximum absolute atomic E-state index is 6.33. The summed E-state index contributed by atoms with van der Waals surface area (Å²) in [5, 5.41) is 3.44. The predicted molar refractivity (Wildman–Crippen MR) is 101 cm³/mol. The Morgan fingerprint density at radius 3 is 2.57 bits per heavy atom. The Hall–Kier alpha value is -1.23. The van der Waals surface area contributed by atoms with Crippen LogP contribution in [0.2, 0.25) is 0 Å². The van der Waals surface area contributed by atoms with Crippen LogP contribution in [0.15, 0.2) is 29.8 Å². The van der Waals surface area contributed by atoms with Gasteiger partial charge in [0.25, 0.3) is 0 Å². The number of hydrogen-bond donors (Lipinski definition) is 2. The molecule has 0 fully saturated rings. The maximum Gasteiger partial charge on any atom is 0.0801 e. The molecule has 1 aromatic heterocycles. The maximum atomic E-state index is 6.33. The van der Waals surface area contributed by atoms with Gasteiger partial charge in [0.05, 0.1) is 16.1 Å². The fourth-order valence-electron chi connectivity index (χ4n) is 2.72. The highest BCUT2D eigenvalue weighted by molar-refractivity contribution is 7.13. The quantitative estimate of drug-likeness (QED) is 0.622. The summed E-state index contributed by atoms with van der Waals surface area (Å²) in [5.74, 6) is 0. The number of hydrogen-bond acceptors (Lipinski definition) is 4. The van der Waals surface area contributed by atoms with Crippen molar-refractivity contribution in [3.63, 3.8) is 0 Å². The third kappa shape index (κ3) is 5.72. The largest absolute Gasteiger partial charge is 0.324 e. The number of aryl methyl sites for hydroxylation is 1. The van der Waals surface area contributed by atoms with Crippen LogP contribution >= 0.6 is 11.3 Å². The first-order valence-corrected chi connectivity index (χ1v) is 9.57. The molecule has 0 saturated heterocycles. The fraction of sp³-hybridized carbons (Fsp3) is 0.526. The Labute approximate surface area is 144 Å². The van der Waals surface area contributed by atoms with Gasteiger partial charge in [0.2, 0.25) is 0 Å². The van der Waals surface area contributed by atoms with Gasteiger partial charge in [-0.15, -0.1) is 11.3 Å². The highest BCUT2D eigenvalue weighted by Crippen LogP contribution is 2.28. The fourth-order valence-corrected chi connectivity index (χ4v) is 3.53. The number of thiazole rings is 1. The normalized spacial score (nSPS) is 12.5. The van der Waals surface area contributed by atoms with Crippen molar-refractivity contribution in [2.45, 2.75) is 52.0 Å². The van der Waals surface area contributed by atoms with Gasteiger partial charge in [0.15, 0.2) is 0 Å². The van der Waals surface area contributed by atoms with Crippen molar-refractivity contribution in [2.75, 3.05) is 13.1 Å². The molecule has 0 bridgehead atoms. The van der Waals surface area contributed by atoms with Crippen LogP contribution in [0.1, 0.15) is 56.3 Å². The van der Waals surface area contributed by atoms with Crippen LogP contribution in [-0.2, 0) is 0 Å². The molecule has 2 aromatic rings. The molecule has 0 saturated carbocycles. The zero-order valence-electron chi connectivity index (χ0n) is 14.3. The van der Waals surface area contributed by atoms with Gasteiger partial charge in [0, 0.05) is 6.04 Å². The zero-order valence-corrected chi connectivity index (χ0v) is 15.2. The molecule has 0 radical (unpaired) electrons. The van der Waals surface area contributed by atoms with Crippen molar-refractivity contribution in [1.82, 2.24) is 10.3 Å². The van der Waals surface area contributed by atoms with Crippen LogP contribution in [0.5, 0.6) is 0 Å². The van der Waals surface area contributed by atoms with Crippen LogP contribution in [0.3, 0.4) is 0 Å². The van der Waals surface area contributed by atoms with Gasteiger partial charge in [-0.1, -0.05) is 44.0 Å². The average molecular weight is 332 g/mol. The van der Waals surface area contributed by atoms with Gasteiger partial charge in [0.1, 0.15) is 0 Å². The Morgan fingerprint density at radius 1 is 1.13 bits per heavy atom. The van der Waals surface area contributed by atoms with E-state index in [0.717, 1.165) is 25.2 Å². The van der Waals surface area contributed by atoms with Crippen LogP contribution in [0.4, 0.5) is 0 Å². The Morgan fingerprint density at radius 2 is 1.91 bits per heavy atom. The van der Waals surface area contributed by atoms with Gasteiger partial charge < -0.3 is 11.1 Å². The summed E-state index contributed by atoms with van der Waals surface area (Å²) in [7, 11) is 0. The van der Waals surface area contributed by atoms with Crippen LogP contribution in [0.25, 0.3) is 10.4 Å². The molecule has 0 aliphatic heterocycles. The molecule has 4 heteroatoms. The first-order chi connectivity index (χ1) is 11.2. The smallest absolute Gasteiger partial charge is 0.0801 e. The first-order valence-electron chi connectivity index (χ1n) is 8.69. The van der Waals surface area contributed by atoms with E-state index >= 15 is 0 Å². The monoisotopic (exact) mass is 331 g/mol. The summed E-state index contributed by atoms with van der Waals surface area (Å²) in [5.41, 5.74) is 11.8. The molecule has 0 aliphatic carbocycles. The van der Waals surface area contributed by atoms with Crippen molar-refractivity contribution in [3.05, 3.63) is 41.0 Å². The van der Waals surface area contributed by atoms with E-state index in [9.17, 15) is 0 Å². The second-order valence-electron chi connectivity index (χ2n) is 6.09. The summed E-state index contributed by atoms with van der Waals surface area (Å²) in [6.07, 6.45) is 5.97. The number of unbranched alkanes of at least 4 members (excludes halogenated alkanes) is 2. The summed E-state index contributed by atoms with van der Waals surface area (Å²) in [6, 6.07) is 8.83. The van der Waals surface area contributed by atoms with E-state index in [0.29, 0.717) is 0 Å². The van der Waals surface area contributed by atoms with Crippen molar-refractivity contribution < 1.29 is 0 Å². The molecule has 0 unspecified atom stereocenters. The summed E-state index contributed by atoms with van der Waals surface area (Å²) in [6.45, 7) is 6.52. The highest BCUT2D eigenvalue weighted by atomic mass is 32.1. The van der Waals surface area contributed by atoms with Gasteiger partial charge >= 0.3 is 0 Å². The third-order valence-electron chi connectivity index (χ3n) is 4.14. The average Bonchev–Trinajstić information content (AvgIpc) is 3.00. The number of nitrogens with one attached hydrogen (secondary N) is 1. The number of rotatable bonds is 10. The van der Waals surface area contributed by atoms with E-state index < -0.39 is 0 Å². The van der Waals surface area contributed by atoms with Crippen molar-refractivity contribution in [2.24, 2.45) is 5.73 Å². The Bertz CT molecular complexity index is 562. The number of nitrogens with two attached hydrogens (primary N) is 1. The predicted octanol–water partition coefficient (Wildman–Crippen LogP) is 4.68. The van der Waals surface area contributed by atoms with Gasteiger partial charge in [-0.25, -0.2) is 4.98 Å². The lowest BCUT2D eigenvalue weighted by Gasteiger charge is -2.12. The first kappa shape index (κ1) is 18.1. The molecule has 0 amide bonds. The van der Waals surface area contributed by atoms with Crippen molar-refractivity contribution in [3.8, 4) is 10.4 Å². The summed E-state index contributed by atoms with van der Waals surface area (Å²) in [4.78, 5) is 5.57. The lowest BCUT2D eigenvalue weighted by Crippen LogP contribution is -2.16. The van der Waals surface area contributed by atoms with Crippen molar-refractivity contribution in [1.29, 1.82) is 0 Å². The lowest BCUT2D eigenvalue weighted by atomic mass is 9.99. The van der Waals surface area contributed by atoms with E-state index in [1.807, 2.05) is 5.51 Å². The molecule has 0 spiro atoms. The molecule has 23 heavy (non-hydrogen) atoms. The van der Waals surface area contributed by atoms with Crippen LogP contribution in [0, 0.1) is 6.92 Å². The molecule has 2 rings (SSSR count). The van der Waals surface area contributed by atoms with Gasteiger partial charge in [-0.3, -0.25) is 0 Å². The summed E-state index contributed by atoms with van der Waals surface area (Å²) < 4.78 is 0. The zero-order chi connectivity index (χ0) is 16.5. The van der Waals surface area contributed by atoms with E-state index in [2.05, 4.69) is 48.4 Å². The van der Waals surface area contributed by atoms with E-state index in [1.165, 1.54) is 41.7 Å². The van der Waals surface area contributed by atoms with Crippen molar-refractivity contribution >= 4 is 11.3 Å². The number of benzene rings is 1. The van der Waals surface area contributed by atoms with Crippen LogP contribution < -0.4 is 11.1 Å². The minimum absolute atomic E-state index is 0.148. The number of aromatic nitrogens is 1. The van der Waals surface area contributed by atoms with E-state index in [1.54, 1.807) is 11.3 Å². The standard InChI is InChI=1S/C19H29N3S/c1-3-12-21-13-6-4-5-7-18(20)16-8-10-17(11-9-16)19-15(2)22-14-23-19/h8-11,14,18,21H,3-7,12-13,20H2,1-2H3/t18-/m0/s1. The molecular weight excluding hydrogens is 302 g/mol. The molecule has 1 aromatic carbocycles. The molecule has 1 heterocycles. The topological polar surface area (TPSA) is 50.9 Å². The highest BCUT2D eigenvalue weighted by Gasteiger charge is 2.08.